The zero-order valence-electron chi connectivity index (χ0n) is 21.5. The van der Waals surface area contributed by atoms with E-state index in [4.69, 9.17) is 8.83 Å². The number of carbonyl (C=O) groups is 1. The van der Waals surface area contributed by atoms with Gasteiger partial charge < -0.3 is 18.8 Å². The molecule has 1 saturated heterocycles. The van der Waals surface area contributed by atoms with Crippen LogP contribution in [0.2, 0.25) is 0 Å². The third-order valence-corrected chi connectivity index (χ3v) is 8.70. The number of carbonyl (C=O) groups excluding carboxylic acids is 1. The lowest BCUT2D eigenvalue weighted by Gasteiger charge is -2.47. The Morgan fingerprint density at radius 3 is 2.65 bits per heavy atom. The molecule has 1 N–H and O–H groups in total. The van der Waals surface area contributed by atoms with Crippen molar-refractivity contribution in [3.8, 4) is 11.1 Å². The first-order valence-electron chi connectivity index (χ1n) is 13.4. The van der Waals surface area contributed by atoms with Gasteiger partial charge in [0.25, 0.3) is 0 Å². The molecule has 6 rings (SSSR count). The molecule has 1 aliphatic heterocycles. The Bertz CT molecular complexity index is 1550. The Hall–Kier alpha value is -3.38. The maximum atomic E-state index is 13.1. The van der Waals surface area contributed by atoms with Crippen LogP contribution in [0.15, 0.2) is 56.1 Å². The van der Waals surface area contributed by atoms with Gasteiger partial charge in [-0.1, -0.05) is 43.2 Å². The summed E-state index contributed by atoms with van der Waals surface area (Å²) < 4.78 is 11.8. The van der Waals surface area contributed by atoms with Crippen LogP contribution >= 0.6 is 0 Å². The van der Waals surface area contributed by atoms with E-state index in [1.54, 1.807) is 6.07 Å². The van der Waals surface area contributed by atoms with Crippen LogP contribution in [-0.4, -0.2) is 34.6 Å². The number of aliphatic hydroxyl groups is 1. The van der Waals surface area contributed by atoms with Crippen LogP contribution < -0.4 is 5.63 Å². The molecule has 2 unspecified atom stereocenters. The van der Waals surface area contributed by atoms with Gasteiger partial charge in [-0.2, -0.15) is 0 Å². The summed E-state index contributed by atoms with van der Waals surface area (Å²) in [6, 6.07) is 14.0. The maximum absolute atomic E-state index is 13.1. The zero-order chi connectivity index (χ0) is 25.7. The number of rotatable bonds is 4. The molecule has 2 fully saturated rings. The van der Waals surface area contributed by atoms with Crippen LogP contribution in [0, 0.1) is 19.8 Å². The van der Waals surface area contributed by atoms with Gasteiger partial charge in [0.2, 0.25) is 5.91 Å². The number of benzene rings is 2. The summed E-state index contributed by atoms with van der Waals surface area (Å²) in [6.45, 7) is 5.07. The minimum absolute atomic E-state index is 0.0406. The first kappa shape index (κ1) is 24.0. The normalized spacial score (nSPS) is 21.9. The van der Waals surface area contributed by atoms with Gasteiger partial charge in [-0.3, -0.25) is 4.79 Å². The number of hydrogen-bond acceptors (Lipinski definition) is 5. The highest BCUT2D eigenvalue weighted by Crippen LogP contribution is 2.40. The number of furan rings is 1. The fourth-order valence-electron chi connectivity index (χ4n) is 6.54. The number of piperidine rings is 1. The van der Waals surface area contributed by atoms with E-state index in [9.17, 15) is 14.7 Å². The lowest BCUT2D eigenvalue weighted by molar-refractivity contribution is -0.143. The van der Waals surface area contributed by atoms with Gasteiger partial charge in [0.05, 0.1) is 5.60 Å². The predicted octanol–water partition coefficient (Wildman–Crippen LogP) is 5.91. The highest BCUT2D eigenvalue weighted by atomic mass is 16.4. The molecule has 1 saturated carbocycles. The van der Waals surface area contributed by atoms with E-state index in [1.807, 2.05) is 43.0 Å². The molecular weight excluding hydrogens is 466 g/mol. The van der Waals surface area contributed by atoms with E-state index in [2.05, 4.69) is 12.1 Å². The second-order valence-corrected chi connectivity index (χ2v) is 10.9. The number of fused-ring (bicyclic) bond motifs is 3. The van der Waals surface area contributed by atoms with Crippen LogP contribution in [-0.2, 0) is 11.2 Å². The van der Waals surface area contributed by atoms with Crippen molar-refractivity contribution in [3.63, 3.8) is 0 Å². The summed E-state index contributed by atoms with van der Waals surface area (Å²) >= 11 is 0. The summed E-state index contributed by atoms with van der Waals surface area (Å²) in [5, 5.41) is 12.8. The molecule has 192 valence electrons. The molecule has 0 bridgehead atoms. The number of amides is 1. The average molecular weight is 500 g/mol. The highest BCUT2D eigenvalue weighted by molar-refractivity contribution is 6.03. The number of likely N-dealkylation sites (tertiary alicyclic amines) is 1. The number of hydrogen-bond donors (Lipinski definition) is 1. The molecule has 1 amide bonds. The van der Waals surface area contributed by atoms with Crippen LogP contribution in [0.25, 0.3) is 33.1 Å². The monoisotopic (exact) mass is 499 g/mol. The minimum Gasteiger partial charge on any atom is -0.461 e. The summed E-state index contributed by atoms with van der Waals surface area (Å²) in [4.78, 5) is 27.9. The SMILES string of the molecule is Cc1oc2cc3oc(=O)c(CCC(=O)N4CCC5(O)CCCCC5C4)c(C)c3cc2c1-c1ccccc1. The van der Waals surface area contributed by atoms with Crippen LogP contribution in [0.4, 0.5) is 0 Å². The first-order valence-corrected chi connectivity index (χ1v) is 13.4. The van der Waals surface area contributed by atoms with Crippen LogP contribution in [0.5, 0.6) is 0 Å². The van der Waals surface area contributed by atoms with Crippen LogP contribution in [0.3, 0.4) is 0 Å². The van der Waals surface area contributed by atoms with Crippen molar-refractivity contribution in [1.82, 2.24) is 4.90 Å². The van der Waals surface area contributed by atoms with E-state index in [1.165, 1.54) is 0 Å². The molecule has 6 heteroatoms. The van der Waals surface area contributed by atoms with Crippen molar-refractivity contribution in [2.75, 3.05) is 13.1 Å². The van der Waals surface area contributed by atoms with Gasteiger partial charge >= 0.3 is 5.63 Å². The molecule has 3 heterocycles. The van der Waals surface area contributed by atoms with E-state index in [-0.39, 0.29) is 18.2 Å². The van der Waals surface area contributed by atoms with Crippen molar-refractivity contribution >= 4 is 27.8 Å². The fraction of sp³-hybridized carbons (Fsp3) is 0.419. The zero-order valence-corrected chi connectivity index (χ0v) is 21.5. The summed E-state index contributed by atoms with van der Waals surface area (Å²) in [6.07, 6.45) is 5.22. The number of aryl methyl sites for hydroxylation is 2. The lowest BCUT2D eigenvalue weighted by Crippen LogP contribution is -2.54. The molecule has 1 aliphatic carbocycles. The molecule has 37 heavy (non-hydrogen) atoms. The molecular formula is C31H33NO5. The highest BCUT2D eigenvalue weighted by Gasteiger charge is 2.43. The molecule has 2 atom stereocenters. The van der Waals surface area contributed by atoms with Gasteiger partial charge in [0.1, 0.15) is 16.9 Å². The Labute approximate surface area is 215 Å². The molecule has 2 aromatic heterocycles. The molecule has 0 spiro atoms. The third kappa shape index (κ3) is 4.17. The molecule has 2 aromatic carbocycles. The Morgan fingerprint density at radius 1 is 1.05 bits per heavy atom. The molecule has 0 radical (unpaired) electrons. The predicted molar refractivity (Wildman–Crippen MR) is 144 cm³/mol. The molecule has 6 nitrogen and oxygen atoms in total. The maximum Gasteiger partial charge on any atom is 0.339 e. The summed E-state index contributed by atoms with van der Waals surface area (Å²) in [7, 11) is 0. The van der Waals surface area contributed by atoms with E-state index < -0.39 is 11.2 Å². The van der Waals surface area contributed by atoms with E-state index in [0.29, 0.717) is 42.7 Å². The Kier molecular flexibility index (Phi) is 5.95. The van der Waals surface area contributed by atoms with Gasteiger partial charge in [-0.05, 0) is 56.7 Å². The quantitative estimate of drug-likeness (QED) is 0.353. The summed E-state index contributed by atoms with van der Waals surface area (Å²) in [5.41, 5.74) is 3.67. The standard InChI is InChI=1S/C31H33NO5/c1-19-23(11-12-28(33)32-15-14-31(35)13-7-6-10-22(31)18-32)30(34)37-26-17-27-25(16-24(19)26)29(20(2)36-27)21-8-4-3-5-9-21/h3-5,8-9,16-17,22,35H,6-7,10-15,18H2,1-2H3. The van der Waals surface area contributed by atoms with Gasteiger partial charge in [0.15, 0.2) is 0 Å². The van der Waals surface area contributed by atoms with Crippen molar-refractivity contribution < 1.29 is 18.7 Å². The largest absolute Gasteiger partial charge is 0.461 e. The van der Waals surface area contributed by atoms with Gasteiger partial charge in [0, 0.05) is 53.4 Å². The van der Waals surface area contributed by atoms with E-state index >= 15 is 0 Å². The van der Waals surface area contributed by atoms with Crippen molar-refractivity contribution in [3.05, 3.63) is 69.8 Å². The Morgan fingerprint density at radius 2 is 1.84 bits per heavy atom. The fourth-order valence-corrected chi connectivity index (χ4v) is 6.54. The smallest absolute Gasteiger partial charge is 0.339 e. The van der Waals surface area contributed by atoms with E-state index in [0.717, 1.165) is 58.9 Å². The van der Waals surface area contributed by atoms with Gasteiger partial charge in [-0.15, -0.1) is 0 Å². The molecule has 4 aromatic rings. The topological polar surface area (TPSA) is 83.9 Å². The third-order valence-electron chi connectivity index (χ3n) is 8.70. The van der Waals surface area contributed by atoms with Gasteiger partial charge in [-0.25, -0.2) is 4.79 Å². The second kappa shape index (κ2) is 9.18. The Balaban J connectivity index is 1.28. The van der Waals surface area contributed by atoms with Crippen LogP contribution in [0.1, 0.15) is 55.4 Å². The average Bonchev–Trinajstić information content (AvgIpc) is 3.21. The second-order valence-electron chi connectivity index (χ2n) is 10.9. The minimum atomic E-state index is -0.611. The van der Waals surface area contributed by atoms with Crippen molar-refractivity contribution in [2.45, 2.75) is 64.4 Å². The number of nitrogens with zero attached hydrogens (tertiary/aromatic N) is 1. The van der Waals surface area contributed by atoms with Crippen molar-refractivity contribution in [1.29, 1.82) is 0 Å². The lowest BCUT2D eigenvalue weighted by atomic mass is 9.71. The van der Waals surface area contributed by atoms with Crippen molar-refractivity contribution in [2.24, 2.45) is 5.92 Å². The first-order chi connectivity index (χ1) is 17.8. The summed E-state index contributed by atoms with van der Waals surface area (Å²) in [5.74, 6) is 1.01. The molecule has 2 aliphatic rings.